The molecular weight excluding hydrogens is 916 g/mol. The first-order chi connectivity index (χ1) is 25.3. The zero-order chi connectivity index (χ0) is 41.4. The fourth-order valence-electron chi connectivity index (χ4n) is 5.86. The first-order valence-electron chi connectivity index (χ1n) is 17.5. The van der Waals surface area contributed by atoms with E-state index in [1.807, 2.05) is 68.0 Å². The van der Waals surface area contributed by atoms with Crippen LogP contribution in [0, 0.1) is 44.0 Å². The van der Waals surface area contributed by atoms with E-state index >= 15 is 0 Å². The van der Waals surface area contributed by atoms with Gasteiger partial charge in [-0.1, -0.05) is 23.4 Å². The largest absolute Gasteiger partial charge is 0.259 e. The highest BCUT2D eigenvalue weighted by molar-refractivity contribution is 9.11. The number of hydrogen-bond donors (Lipinski definition) is 0. The Bertz CT molecular complexity index is 2300. The summed E-state index contributed by atoms with van der Waals surface area (Å²) in [6.45, 7) is 24.5. The third-order valence-electron chi connectivity index (χ3n) is 8.40. The van der Waals surface area contributed by atoms with Gasteiger partial charge in [-0.15, -0.1) is 0 Å². The number of nitrogens with zero attached hydrogens (tertiary/aromatic N) is 6. The molecule has 0 unspecified atom stereocenters. The van der Waals surface area contributed by atoms with Crippen molar-refractivity contribution in [1.29, 1.82) is 0 Å². The van der Waals surface area contributed by atoms with Gasteiger partial charge in [0.1, 0.15) is 11.6 Å². The van der Waals surface area contributed by atoms with Crippen LogP contribution >= 0.6 is 47.8 Å². The van der Waals surface area contributed by atoms with Crippen LogP contribution in [-0.2, 0) is 16.6 Å². The first-order valence-corrected chi connectivity index (χ1v) is 19.9. The zero-order valence-electron chi connectivity index (χ0n) is 33.2. The third kappa shape index (κ3) is 10.7. The molecule has 6 nitrogen and oxygen atoms in total. The predicted octanol–water partition coefficient (Wildman–Crippen LogP) is 14.3. The fourth-order valence-corrected chi connectivity index (χ4v) is 7.34. The molecule has 0 bridgehead atoms. The van der Waals surface area contributed by atoms with Crippen molar-refractivity contribution >= 4 is 47.8 Å². The van der Waals surface area contributed by atoms with E-state index in [2.05, 4.69) is 105 Å². The molecule has 6 rings (SSSR count). The van der Waals surface area contributed by atoms with E-state index in [1.54, 1.807) is 18.3 Å². The second-order valence-corrected chi connectivity index (χ2v) is 18.8. The first kappa shape index (κ1) is 46.8. The number of rotatable bonds is 3. The third-order valence-corrected chi connectivity index (χ3v) is 10.4. The molecule has 0 aliphatic heterocycles. The Labute approximate surface area is 354 Å². The van der Waals surface area contributed by atoms with Crippen LogP contribution in [-0.4, -0.2) is 29.3 Å². The Morgan fingerprint density at radius 1 is 0.446 bits per heavy atom. The standard InChI is InChI=1S/C14H15BrF2N2.2C14H16BrFN2.CH4/c1-8-7-18-19(14(2,3)4)13(8)9-5-11(16)12(17)6-10(9)15;1-9-8-17-18(14(2,3)4)13(9)11-7-10(16)5-6-12(11)15;1-9-8-17-18(14(2,3)4)13(9)11-6-5-10(16)7-12(11)15;/h5-7H,1-4H3;2*5-8H,1-4H3;1H4. The van der Waals surface area contributed by atoms with Crippen LogP contribution in [0.5, 0.6) is 0 Å². The second kappa shape index (κ2) is 17.9. The van der Waals surface area contributed by atoms with Gasteiger partial charge in [0.15, 0.2) is 11.6 Å². The molecule has 0 radical (unpaired) electrons. The summed E-state index contributed by atoms with van der Waals surface area (Å²) in [5.74, 6) is -2.21. The number of aryl methyl sites for hydroxylation is 3. The van der Waals surface area contributed by atoms with E-state index < -0.39 is 11.6 Å². The average Bonchev–Trinajstić information content (AvgIpc) is 3.77. The number of benzene rings is 3. The highest BCUT2D eigenvalue weighted by Crippen LogP contribution is 2.37. The van der Waals surface area contributed by atoms with Crippen LogP contribution in [0.4, 0.5) is 17.6 Å². The van der Waals surface area contributed by atoms with Gasteiger partial charge >= 0.3 is 0 Å². The van der Waals surface area contributed by atoms with Gasteiger partial charge in [-0.3, -0.25) is 14.0 Å². The maximum atomic E-state index is 13.5. The Morgan fingerprint density at radius 2 is 0.786 bits per heavy atom. The van der Waals surface area contributed by atoms with Crippen molar-refractivity contribution in [2.75, 3.05) is 0 Å². The van der Waals surface area contributed by atoms with Crippen molar-refractivity contribution in [3.8, 4) is 33.8 Å². The summed E-state index contributed by atoms with van der Waals surface area (Å²) in [6, 6.07) is 11.8. The summed E-state index contributed by atoms with van der Waals surface area (Å²) < 4.78 is 61.2. The van der Waals surface area contributed by atoms with Crippen molar-refractivity contribution in [2.45, 2.75) is 107 Å². The van der Waals surface area contributed by atoms with Crippen molar-refractivity contribution in [3.63, 3.8) is 0 Å². The molecule has 0 N–H and O–H groups in total. The number of halogens is 7. The lowest BCUT2D eigenvalue weighted by molar-refractivity contribution is 0.359. The normalized spacial score (nSPS) is 11.7. The minimum absolute atomic E-state index is 0. The minimum Gasteiger partial charge on any atom is -0.259 e. The smallest absolute Gasteiger partial charge is 0.159 e. The van der Waals surface area contributed by atoms with Crippen LogP contribution in [0.2, 0.25) is 0 Å². The SMILES string of the molecule is C.Cc1cnn(C(C)(C)C)c1-c1cc(F)c(F)cc1Br.Cc1cnn(C(C)(C)C)c1-c1cc(F)ccc1Br.Cc1cnn(C(C)(C)C)c1-c1ccc(F)cc1Br. The van der Waals surface area contributed by atoms with Gasteiger partial charge in [-0.05, 0) is 180 Å². The van der Waals surface area contributed by atoms with Crippen molar-refractivity contribution < 1.29 is 17.6 Å². The maximum absolute atomic E-state index is 13.5. The Balaban J connectivity index is 0.000000223. The summed E-state index contributed by atoms with van der Waals surface area (Å²) in [5, 5.41) is 13.2. The summed E-state index contributed by atoms with van der Waals surface area (Å²) in [5.41, 5.74) is 7.70. The topological polar surface area (TPSA) is 53.5 Å². The minimum atomic E-state index is -0.866. The highest BCUT2D eigenvalue weighted by Gasteiger charge is 2.25. The second-order valence-electron chi connectivity index (χ2n) is 16.3. The van der Waals surface area contributed by atoms with Gasteiger partial charge in [0, 0.05) is 30.1 Å². The quantitative estimate of drug-likeness (QED) is 0.131. The van der Waals surface area contributed by atoms with E-state index in [1.165, 1.54) is 30.3 Å². The lowest BCUT2D eigenvalue weighted by Gasteiger charge is -2.23. The zero-order valence-corrected chi connectivity index (χ0v) is 37.9. The molecule has 302 valence electrons. The molecule has 56 heavy (non-hydrogen) atoms. The summed E-state index contributed by atoms with van der Waals surface area (Å²) >= 11 is 10.2. The Morgan fingerprint density at radius 3 is 1.20 bits per heavy atom. The van der Waals surface area contributed by atoms with Crippen molar-refractivity contribution in [2.24, 2.45) is 0 Å². The molecule has 3 aromatic carbocycles. The average molecular weight is 968 g/mol. The molecule has 0 amide bonds. The predicted molar refractivity (Wildman–Crippen MR) is 232 cm³/mol. The van der Waals surface area contributed by atoms with Gasteiger partial charge < -0.3 is 0 Å². The molecule has 6 aromatic rings. The molecule has 3 aromatic heterocycles. The molecule has 0 spiro atoms. The number of aromatic nitrogens is 6. The molecule has 0 saturated carbocycles. The molecule has 0 atom stereocenters. The monoisotopic (exact) mass is 964 g/mol. The molecule has 0 aliphatic rings. The van der Waals surface area contributed by atoms with Crippen molar-refractivity contribution in [3.05, 3.63) is 120 Å². The molecular formula is C43H51Br3F4N6. The van der Waals surface area contributed by atoms with Gasteiger partial charge in [0.25, 0.3) is 0 Å². The van der Waals surface area contributed by atoms with Gasteiger partial charge in [-0.25, -0.2) is 17.6 Å². The van der Waals surface area contributed by atoms with Gasteiger partial charge in [0.05, 0.1) is 52.3 Å². The van der Waals surface area contributed by atoms with Crippen LogP contribution in [0.25, 0.3) is 33.8 Å². The molecule has 3 heterocycles. The molecule has 13 heteroatoms. The van der Waals surface area contributed by atoms with E-state index in [9.17, 15) is 17.6 Å². The number of hydrogen-bond acceptors (Lipinski definition) is 3. The van der Waals surface area contributed by atoms with E-state index in [4.69, 9.17) is 0 Å². The van der Waals surface area contributed by atoms with E-state index in [0.29, 0.717) is 10.0 Å². The van der Waals surface area contributed by atoms with Crippen LogP contribution < -0.4 is 0 Å². The van der Waals surface area contributed by atoms with E-state index in [0.717, 1.165) is 59.9 Å². The fraction of sp³-hybridized carbons (Fsp3) is 0.372. The summed E-state index contributed by atoms with van der Waals surface area (Å²) in [4.78, 5) is 0. The van der Waals surface area contributed by atoms with Gasteiger partial charge in [0.2, 0.25) is 0 Å². The van der Waals surface area contributed by atoms with Crippen LogP contribution in [0.1, 0.15) is 86.4 Å². The van der Waals surface area contributed by atoms with E-state index in [-0.39, 0.29) is 35.7 Å². The van der Waals surface area contributed by atoms with Crippen molar-refractivity contribution in [1.82, 2.24) is 29.3 Å². The highest BCUT2D eigenvalue weighted by atomic mass is 79.9. The molecule has 0 aliphatic carbocycles. The molecule has 0 fully saturated rings. The summed E-state index contributed by atoms with van der Waals surface area (Å²) in [7, 11) is 0. The molecule has 0 saturated heterocycles. The Hall–Kier alpha value is -3.55. The van der Waals surface area contributed by atoms with Crippen LogP contribution in [0.15, 0.2) is 80.5 Å². The maximum Gasteiger partial charge on any atom is 0.159 e. The van der Waals surface area contributed by atoms with Gasteiger partial charge in [-0.2, -0.15) is 15.3 Å². The Kier molecular flexibility index (Phi) is 15.0. The van der Waals surface area contributed by atoms with Crippen LogP contribution in [0.3, 0.4) is 0 Å². The lowest BCUT2D eigenvalue weighted by Crippen LogP contribution is -2.24. The lowest BCUT2D eigenvalue weighted by atomic mass is 10.0. The summed E-state index contributed by atoms with van der Waals surface area (Å²) in [6.07, 6.45) is 5.39.